The van der Waals surface area contributed by atoms with Crippen molar-refractivity contribution in [3.05, 3.63) is 96.9 Å². The number of ether oxygens (including phenoxy) is 4. The van der Waals surface area contributed by atoms with Crippen molar-refractivity contribution in [1.29, 1.82) is 0 Å². The van der Waals surface area contributed by atoms with Gasteiger partial charge in [-0.05, 0) is 26.2 Å². The number of aliphatic carboxylic acids is 1. The van der Waals surface area contributed by atoms with Crippen LogP contribution in [0.5, 0.6) is 0 Å². The van der Waals surface area contributed by atoms with Crippen LogP contribution in [0.2, 0.25) is 0 Å². The molecule has 2 fully saturated rings. The summed E-state index contributed by atoms with van der Waals surface area (Å²) in [5, 5.41) is 122. The van der Waals surface area contributed by atoms with Crippen LogP contribution in [0.4, 0.5) is 4.79 Å². The van der Waals surface area contributed by atoms with E-state index in [0.29, 0.717) is 0 Å². The molecule has 2 bridgehead atoms. The Hall–Kier alpha value is -4.63. The Morgan fingerprint density at radius 3 is 1.97 bits per heavy atom. The van der Waals surface area contributed by atoms with Crippen LogP contribution < -0.4 is 22.1 Å². The molecule has 3 heterocycles. The number of carbonyl (C=O) groups is 3. The molecule has 70 heavy (non-hydrogen) atoms. The van der Waals surface area contributed by atoms with Gasteiger partial charge in [-0.1, -0.05) is 92.0 Å². The SMILES string of the molecule is C[C@H]1CC(O)[C@@H](C)/C=C/C=C/C=C/C=C/C=C/C=C/C=C/C(O[C@H]2OC(N)C(O)C(N)C2O)C[C@@H]2OC(O)(/C=C(\O)CC(O)C(O)CCC(O)CC(O)CC(=O)O1)C[C@H](O)C2NC(=O)NCCC(=O)O. The van der Waals surface area contributed by atoms with Crippen molar-refractivity contribution in [2.24, 2.45) is 17.4 Å². The second kappa shape index (κ2) is 30.3. The van der Waals surface area contributed by atoms with Crippen molar-refractivity contribution >= 4 is 18.0 Å². The average Bonchev–Trinajstić information content (AvgIpc) is 3.26. The lowest BCUT2D eigenvalue weighted by molar-refractivity contribution is -0.288. The first-order valence-corrected chi connectivity index (χ1v) is 23.3. The molecule has 22 nitrogen and oxygen atoms in total. The van der Waals surface area contributed by atoms with Crippen molar-refractivity contribution < 1.29 is 89.5 Å². The van der Waals surface area contributed by atoms with Crippen LogP contribution in [0.3, 0.4) is 0 Å². The van der Waals surface area contributed by atoms with E-state index < -0.39 is 147 Å². The lowest BCUT2D eigenvalue weighted by Gasteiger charge is -2.45. The van der Waals surface area contributed by atoms with Crippen LogP contribution in [-0.2, 0) is 28.5 Å². The summed E-state index contributed by atoms with van der Waals surface area (Å²) in [5.74, 6) is -5.41. The third kappa shape index (κ3) is 21.8. The van der Waals surface area contributed by atoms with Gasteiger partial charge >= 0.3 is 18.0 Å². The first-order valence-electron chi connectivity index (χ1n) is 23.3. The van der Waals surface area contributed by atoms with Gasteiger partial charge in [-0.25, -0.2) is 4.79 Å². The number of hydrogen-bond acceptors (Lipinski definition) is 19. The topological polar surface area (TPSA) is 387 Å². The molecule has 17 N–H and O–H groups in total. The van der Waals surface area contributed by atoms with E-state index in [2.05, 4.69) is 10.6 Å². The number of rotatable bonds is 6. The van der Waals surface area contributed by atoms with Gasteiger partial charge in [0.2, 0.25) is 0 Å². The molecular weight excluding hydrogens is 921 g/mol. The minimum atomic E-state index is -2.50. The summed E-state index contributed by atoms with van der Waals surface area (Å²) in [4.78, 5) is 36.5. The summed E-state index contributed by atoms with van der Waals surface area (Å²) >= 11 is 0. The zero-order valence-electron chi connectivity index (χ0n) is 39.4. The van der Waals surface area contributed by atoms with Crippen LogP contribution in [0, 0.1) is 5.92 Å². The smallest absolute Gasteiger partial charge is 0.315 e. The highest BCUT2D eigenvalue weighted by atomic mass is 16.7. The molecule has 0 aromatic heterocycles. The summed E-state index contributed by atoms with van der Waals surface area (Å²) in [6.07, 6.45) is 4.37. The summed E-state index contributed by atoms with van der Waals surface area (Å²) in [6, 6.07) is -3.55. The van der Waals surface area contributed by atoms with Crippen molar-refractivity contribution in [2.45, 2.75) is 169 Å². The number of amides is 2. The minimum Gasteiger partial charge on any atom is -0.512 e. The molecule has 0 saturated carbocycles. The van der Waals surface area contributed by atoms with Gasteiger partial charge in [-0.3, -0.25) is 9.59 Å². The number of aliphatic hydroxyl groups excluding tert-OH is 9. The Labute approximate surface area is 407 Å². The van der Waals surface area contributed by atoms with Crippen LogP contribution in [0.1, 0.15) is 71.6 Å². The molecule has 0 aromatic rings. The lowest BCUT2D eigenvalue weighted by atomic mass is 9.89. The maximum atomic E-state index is 12.9. The predicted octanol–water partition coefficient (Wildman–Crippen LogP) is -0.505. The van der Waals surface area contributed by atoms with Gasteiger partial charge in [-0.15, -0.1) is 0 Å². The number of allylic oxidation sites excluding steroid dienone is 12. The number of nitrogens with two attached hydrogens (primary N) is 2. The molecule has 3 aliphatic rings. The summed E-state index contributed by atoms with van der Waals surface area (Å²) in [6.45, 7) is 3.14. The molecule has 0 spiro atoms. The third-order valence-corrected chi connectivity index (χ3v) is 11.5. The fourth-order valence-corrected chi connectivity index (χ4v) is 7.64. The highest BCUT2D eigenvalue weighted by Gasteiger charge is 2.48. The van der Waals surface area contributed by atoms with Gasteiger partial charge in [0, 0.05) is 44.2 Å². The van der Waals surface area contributed by atoms with Gasteiger partial charge < -0.3 is 97.2 Å². The third-order valence-electron chi connectivity index (χ3n) is 11.5. The Morgan fingerprint density at radius 2 is 1.36 bits per heavy atom. The molecule has 2 amide bonds. The number of cyclic esters (lactones) is 1. The second-order valence-corrected chi connectivity index (χ2v) is 17.7. The fourth-order valence-electron chi connectivity index (χ4n) is 7.64. The van der Waals surface area contributed by atoms with Crippen molar-refractivity contribution in [1.82, 2.24) is 10.6 Å². The fraction of sp³-hybridized carbons (Fsp3) is 0.604. The number of hydrogen-bond donors (Lipinski definition) is 15. The standard InChI is InChI=1S/C48H74N4O18/c1-28-15-13-11-9-7-5-3-4-6-8-10-12-14-16-33(68-46-44(64)41(49)43(63)45(50)69-46)25-38-42(52-47(65)51-20-19-39(60)61)37(59)27-48(66,70-38)26-32(55)23-36(58)34(56)18-17-30(53)22-31(54)24-40(62)67-29(2)21-35(28)57/h3-16,26,28-31,33-38,41-46,53-59,63-64,66H,17-25,27,49-50H2,1-2H3,(H,60,61)(H2,51,52,65)/b4-3+,7-5+,8-6+,11-9+,12-10+,15-13+,16-14+,32-26-/t28-,29-,30?,31?,33?,34?,35?,36?,37-,38-,41?,42?,43?,44?,45?,46-,48?/m0/s1. The Morgan fingerprint density at radius 1 is 0.757 bits per heavy atom. The average molecular weight is 995 g/mol. The summed E-state index contributed by atoms with van der Waals surface area (Å²) < 4.78 is 23.0. The maximum Gasteiger partial charge on any atom is 0.315 e. The van der Waals surface area contributed by atoms with E-state index in [9.17, 15) is 65.4 Å². The van der Waals surface area contributed by atoms with Crippen LogP contribution >= 0.6 is 0 Å². The quantitative estimate of drug-likeness (QED) is 0.149. The van der Waals surface area contributed by atoms with E-state index in [0.717, 1.165) is 6.08 Å². The number of nitrogens with one attached hydrogen (secondary N) is 2. The molecule has 2 saturated heterocycles. The number of aliphatic hydroxyl groups is 10. The van der Waals surface area contributed by atoms with Crippen LogP contribution in [0.25, 0.3) is 0 Å². The molecular formula is C48H74N4O18. The Kier molecular flexibility index (Phi) is 25.8. The van der Waals surface area contributed by atoms with Crippen molar-refractivity contribution in [3.8, 4) is 0 Å². The zero-order chi connectivity index (χ0) is 52.0. The summed E-state index contributed by atoms with van der Waals surface area (Å²) in [7, 11) is 0. The molecule has 0 radical (unpaired) electrons. The molecule has 3 aliphatic heterocycles. The van der Waals surface area contributed by atoms with Crippen LogP contribution in [0.15, 0.2) is 96.9 Å². The summed E-state index contributed by atoms with van der Waals surface area (Å²) in [5.41, 5.74) is 11.9. The molecule has 3 rings (SSSR count). The molecule has 0 aromatic carbocycles. The Balaban J connectivity index is 1.95. The number of carbonyl (C=O) groups excluding carboxylic acids is 2. The maximum absolute atomic E-state index is 12.9. The van der Waals surface area contributed by atoms with Gasteiger partial charge in [0.05, 0.1) is 79.5 Å². The first-order chi connectivity index (χ1) is 33.1. The molecule has 12 unspecified atom stereocenters. The zero-order valence-corrected chi connectivity index (χ0v) is 39.4. The van der Waals surface area contributed by atoms with Crippen molar-refractivity contribution in [3.63, 3.8) is 0 Å². The highest BCUT2D eigenvalue weighted by Crippen LogP contribution is 2.34. The molecule has 22 heteroatoms. The van der Waals surface area contributed by atoms with Crippen LogP contribution in [-0.4, -0.2) is 178 Å². The van der Waals surface area contributed by atoms with Gasteiger partial charge in [0.15, 0.2) is 12.1 Å². The minimum absolute atomic E-state index is 0.132. The van der Waals surface area contributed by atoms with Gasteiger partial charge in [0.1, 0.15) is 24.5 Å². The number of urea groups is 1. The van der Waals surface area contributed by atoms with Gasteiger partial charge in [-0.2, -0.15) is 0 Å². The van der Waals surface area contributed by atoms with Gasteiger partial charge in [0.25, 0.3) is 0 Å². The first kappa shape index (κ1) is 59.7. The van der Waals surface area contributed by atoms with Crippen molar-refractivity contribution in [2.75, 3.05) is 6.54 Å². The lowest BCUT2D eigenvalue weighted by Crippen LogP contribution is -2.65. The largest absolute Gasteiger partial charge is 0.512 e. The van der Waals surface area contributed by atoms with E-state index >= 15 is 0 Å². The van der Waals surface area contributed by atoms with E-state index in [1.165, 1.54) is 6.08 Å². The number of carboxylic acid groups (broad SMARTS) is 1. The number of esters is 1. The predicted molar refractivity (Wildman–Crippen MR) is 252 cm³/mol. The monoisotopic (exact) mass is 994 g/mol. The number of carboxylic acids is 1. The van der Waals surface area contributed by atoms with E-state index in [1.54, 1.807) is 85.9 Å². The second-order valence-electron chi connectivity index (χ2n) is 17.7. The van der Waals surface area contributed by atoms with E-state index in [-0.39, 0.29) is 44.6 Å². The highest BCUT2D eigenvalue weighted by molar-refractivity contribution is 5.75. The molecule has 394 valence electrons. The molecule has 0 aliphatic carbocycles. The van der Waals surface area contributed by atoms with E-state index in [4.69, 9.17) is 35.5 Å². The molecule has 17 atom stereocenters. The number of fused-ring (bicyclic) bond motifs is 2. The normalized spacial score (nSPS) is 41.4. The van der Waals surface area contributed by atoms with E-state index in [1.807, 2.05) is 6.92 Å². The Bertz CT molecular complexity index is 1870.